The van der Waals surface area contributed by atoms with Gasteiger partial charge in [-0.2, -0.15) is 0 Å². The molecule has 1 amide bonds. The van der Waals surface area contributed by atoms with E-state index in [1.807, 2.05) is 4.90 Å². The van der Waals surface area contributed by atoms with Crippen molar-refractivity contribution < 1.29 is 19.2 Å². The molecule has 1 aliphatic rings. The Balaban J connectivity index is 1.77. The van der Waals surface area contributed by atoms with E-state index in [1.165, 1.54) is 13.2 Å². The Labute approximate surface area is 177 Å². The lowest BCUT2D eigenvalue weighted by Gasteiger charge is -2.18. The van der Waals surface area contributed by atoms with Gasteiger partial charge in [-0.25, -0.2) is 0 Å². The first-order valence-corrected chi connectivity index (χ1v) is 9.96. The molecule has 1 heterocycles. The molecule has 0 radical (unpaired) electrons. The Morgan fingerprint density at radius 3 is 2.45 bits per heavy atom. The summed E-state index contributed by atoms with van der Waals surface area (Å²) in [6, 6.07) is 8.15. The van der Waals surface area contributed by atoms with Gasteiger partial charge in [0.25, 0.3) is 11.6 Å². The molecule has 0 saturated carbocycles. The van der Waals surface area contributed by atoms with Gasteiger partial charge in [-0.05, 0) is 42.7 Å². The van der Waals surface area contributed by atoms with Crippen molar-refractivity contribution in [3.63, 3.8) is 0 Å². The van der Waals surface area contributed by atoms with Gasteiger partial charge >= 0.3 is 0 Å². The number of carbonyl (C=O) groups is 1. The third-order valence-electron chi connectivity index (χ3n) is 4.87. The minimum absolute atomic E-state index is 0.0492. The van der Waals surface area contributed by atoms with E-state index in [0.29, 0.717) is 17.2 Å². The second-order valence-electron chi connectivity index (χ2n) is 6.64. The van der Waals surface area contributed by atoms with Crippen LogP contribution in [0.5, 0.6) is 11.5 Å². The number of nitro groups is 1. The number of nitrogens with zero attached hydrogens (tertiary/aromatic N) is 2. The van der Waals surface area contributed by atoms with Crippen molar-refractivity contribution in [3.05, 3.63) is 56.0 Å². The number of methoxy groups -OCH3 is 2. The highest BCUT2D eigenvalue weighted by atomic mass is 79.9. The molecule has 8 nitrogen and oxygen atoms in total. The van der Waals surface area contributed by atoms with Crippen molar-refractivity contribution in [2.75, 3.05) is 32.2 Å². The van der Waals surface area contributed by atoms with Gasteiger partial charge in [0.1, 0.15) is 5.69 Å². The van der Waals surface area contributed by atoms with E-state index in [1.54, 1.807) is 31.4 Å². The fourth-order valence-electron chi connectivity index (χ4n) is 3.35. The van der Waals surface area contributed by atoms with Crippen molar-refractivity contribution in [2.24, 2.45) is 0 Å². The lowest BCUT2D eigenvalue weighted by molar-refractivity contribution is -0.384. The second kappa shape index (κ2) is 9.13. The zero-order valence-electron chi connectivity index (χ0n) is 16.2. The molecule has 29 heavy (non-hydrogen) atoms. The molecule has 1 saturated heterocycles. The van der Waals surface area contributed by atoms with Gasteiger partial charge in [0.2, 0.25) is 0 Å². The Kier molecular flexibility index (Phi) is 6.58. The summed E-state index contributed by atoms with van der Waals surface area (Å²) in [5.74, 6) is 0.732. The smallest absolute Gasteiger partial charge is 0.293 e. The molecule has 0 aliphatic carbocycles. The van der Waals surface area contributed by atoms with Crippen LogP contribution in [0, 0.1) is 10.1 Å². The van der Waals surface area contributed by atoms with Crippen molar-refractivity contribution in [1.29, 1.82) is 0 Å². The van der Waals surface area contributed by atoms with Crippen molar-refractivity contribution in [2.45, 2.75) is 19.4 Å². The number of anilines is 1. The van der Waals surface area contributed by atoms with Crippen LogP contribution >= 0.6 is 15.9 Å². The van der Waals surface area contributed by atoms with Gasteiger partial charge in [0, 0.05) is 35.7 Å². The van der Waals surface area contributed by atoms with Crippen LogP contribution in [0.1, 0.15) is 28.8 Å². The predicted molar refractivity (Wildman–Crippen MR) is 113 cm³/mol. The van der Waals surface area contributed by atoms with Crippen LogP contribution in [0.2, 0.25) is 0 Å². The first-order chi connectivity index (χ1) is 13.9. The van der Waals surface area contributed by atoms with E-state index in [9.17, 15) is 14.9 Å². The molecule has 0 aromatic heterocycles. The van der Waals surface area contributed by atoms with E-state index in [0.717, 1.165) is 36.0 Å². The Bertz CT molecular complexity index is 929. The minimum atomic E-state index is -0.435. The Morgan fingerprint density at radius 1 is 1.17 bits per heavy atom. The SMILES string of the molecule is COc1cc(Br)c(CNC(=O)c2ccc(N3CCCC3)c([N+](=O)[O-])c2)cc1OC. The van der Waals surface area contributed by atoms with Gasteiger partial charge in [0.15, 0.2) is 11.5 Å². The maximum Gasteiger partial charge on any atom is 0.293 e. The number of amides is 1. The third-order valence-corrected chi connectivity index (χ3v) is 5.61. The summed E-state index contributed by atoms with van der Waals surface area (Å²) in [5, 5.41) is 14.3. The van der Waals surface area contributed by atoms with Crippen LogP contribution in [0.4, 0.5) is 11.4 Å². The molecule has 9 heteroatoms. The van der Waals surface area contributed by atoms with Crippen molar-refractivity contribution >= 4 is 33.2 Å². The molecule has 1 aliphatic heterocycles. The normalized spacial score (nSPS) is 13.3. The molecule has 2 aromatic rings. The van der Waals surface area contributed by atoms with E-state index < -0.39 is 4.92 Å². The lowest BCUT2D eigenvalue weighted by atomic mass is 10.1. The average molecular weight is 464 g/mol. The maximum absolute atomic E-state index is 12.6. The van der Waals surface area contributed by atoms with Crippen LogP contribution in [0.3, 0.4) is 0 Å². The van der Waals surface area contributed by atoms with Gasteiger partial charge in [-0.15, -0.1) is 0 Å². The van der Waals surface area contributed by atoms with Gasteiger partial charge in [0.05, 0.1) is 19.1 Å². The highest BCUT2D eigenvalue weighted by Gasteiger charge is 2.24. The third kappa shape index (κ3) is 4.61. The maximum atomic E-state index is 12.6. The number of hydrogen-bond donors (Lipinski definition) is 1. The van der Waals surface area contributed by atoms with E-state index in [4.69, 9.17) is 9.47 Å². The number of rotatable bonds is 7. The molecule has 0 unspecified atom stereocenters. The number of nitro benzene ring substituents is 1. The molecule has 3 rings (SSSR count). The molecule has 154 valence electrons. The summed E-state index contributed by atoms with van der Waals surface area (Å²) in [7, 11) is 3.08. The van der Waals surface area contributed by atoms with E-state index >= 15 is 0 Å². The predicted octanol–water partition coefficient (Wildman–Crippen LogP) is 3.90. The first kappa shape index (κ1) is 20.9. The largest absolute Gasteiger partial charge is 0.493 e. The molecular formula is C20H22BrN3O5. The Morgan fingerprint density at radius 2 is 1.83 bits per heavy atom. The highest BCUT2D eigenvalue weighted by Crippen LogP contribution is 2.34. The summed E-state index contributed by atoms with van der Waals surface area (Å²) >= 11 is 3.45. The summed E-state index contributed by atoms with van der Waals surface area (Å²) in [6.07, 6.45) is 2.03. The summed E-state index contributed by atoms with van der Waals surface area (Å²) in [6.45, 7) is 1.81. The van der Waals surface area contributed by atoms with Crippen LogP contribution < -0.4 is 19.7 Å². The minimum Gasteiger partial charge on any atom is -0.493 e. The monoisotopic (exact) mass is 463 g/mol. The number of ether oxygens (including phenoxy) is 2. The molecule has 0 bridgehead atoms. The van der Waals surface area contributed by atoms with Crippen LogP contribution in [0.25, 0.3) is 0 Å². The lowest BCUT2D eigenvalue weighted by Crippen LogP contribution is -2.24. The van der Waals surface area contributed by atoms with Crippen molar-refractivity contribution in [1.82, 2.24) is 5.32 Å². The number of hydrogen-bond acceptors (Lipinski definition) is 6. The number of benzene rings is 2. The van der Waals surface area contributed by atoms with Crippen LogP contribution in [-0.4, -0.2) is 38.1 Å². The highest BCUT2D eigenvalue weighted by molar-refractivity contribution is 9.10. The topological polar surface area (TPSA) is 93.9 Å². The van der Waals surface area contributed by atoms with Gasteiger partial charge < -0.3 is 19.7 Å². The van der Waals surface area contributed by atoms with Crippen LogP contribution in [0.15, 0.2) is 34.8 Å². The second-order valence-corrected chi connectivity index (χ2v) is 7.49. The van der Waals surface area contributed by atoms with Crippen LogP contribution in [-0.2, 0) is 6.54 Å². The van der Waals surface area contributed by atoms with E-state index in [-0.39, 0.29) is 23.7 Å². The molecule has 1 fully saturated rings. The zero-order chi connectivity index (χ0) is 21.0. The van der Waals surface area contributed by atoms with Crippen molar-refractivity contribution in [3.8, 4) is 11.5 Å². The molecule has 1 N–H and O–H groups in total. The molecule has 0 spiro atoms. The summed E-state index contributed by atoms with van der Waals surface area (Å²) in [5.41, 5.74) is 1.55. The zero-order valence-corrected chi connectivity index (χ0v) is 17.8. The van der Waals surface area contributed by atoms with Gasteiger partial charge in [-0.3, -0.25) is 14.9 Å². The molecular weight excluding hydrogens is 442 g/mol. The summed E-state index contributed by atoms with van der Waals surface area (Å²) in [4.78, 5) is 25.7. The standard InChI is InChI=1S/C20H22BrN3O5/c1-28-18-10-14(15(21)11-19(18)29-2)12-22-20(25)13-5-6-16(17(9-13)24(26)27)23-7-3-4-8-23/h5-6,9-11H,3-4,7-8,12H2,1-2H3,(H,22,25). The number of carbonyl (C=O) groups excluding carboxylic acids is 1. The fourth-order valence-corrected chi connectivity index (χ4v) is 3.81. The fraction of sp³-hybridized carbons (Fsp3) is 0.350. The molecule has 0 atom stereocenters. The number of nitrogens with one attached hydrogen (secondary N) is 1. The first-order valence-electron chi connectivity index (χ1n) is 9.16. The average Bonchev–Trinajstić information content (AvgIpc) is 3.26. The number of halogens is 1. The quantitative estimate of drug-likeness (QED) is 0.494. The summed E-state index contributed by atoms with van der Waals surface area (Å²) < 4.78 is 11.3. The van der Waals surface area contributed by atoms with Gasteiger partial charge in [-0.1, -0.05) is 15.9 Å². The van der Waals surface area contributed by atoms with E-state index in [2.05, 4.69) is 21.2 Å². The Hall–Kier alpha value is -2.81. The molecule has 2 aromatic carbocycles.